The molecule has 1 amide bonds. The van der Waals surface area contributed by atoms with E-state index in [1.165, 1.54) is 0 Å². The van der Waals surface area contributed by atoms with E-state index in [1.54, 1.807) is 4.90 Å². The molecule has 0 aromatic carbocycles. The normalized spacial score (nSPS) is 36.1. The molecule has 2 heterocycles. The van der Waals surface area contributed by atoms with E-state index in [2.05, 4.69) is 10.2 Å². The monoisotopic (exact) mass is 153 g/mol. The van der Waals surface area contributed by atoms with Crippen molar-refractivity contribution in [3.63, 3.8) is 0 Å². The highest BCUT2D eigenvalue weighted by Crippen LogP contribution is 2.25. The fourth-order valence-electron chi connectivity index (χ4n) is 1.66. The van der Waals surface area contributed by atoms with Gasteiger partial charge in [0.2, 0.25) is 5.91 Å². The van der Waals surface area contributed by atoms with Gasteiger partial charge in [-0.2, -0.15) is 10.2 Å². The van der Waals surface area contributed by atoms with Gasteiger partial charge in [-0.15, -0.1) is 0 Å². The van der Waals surface area contributed by atoms with Gasteiger partial charge in [-0.3, -0.25) is 4.79 Å². The SMILES string of the molecule is CN1CCC2N=NCC2C1=O. The van der Waals surface area contributed by atoms with Crippen molar-refractivity contribution in [3.05, 3.63) is 0 Å². The van der Waals surface area contributed by atoms with Crippen LogP contribution in [-0.2, 0) is 4.79 Å². The first-order chi connectivity index (χ1) is 5.29. The topological polar surface area (TPSA) is 45.0 Å². The van der Waals surface area contributed by atoms with E-state index >= 15 is 0 Å². The first kappa shape index (κ1) is 6.76. The predicted octanol–water partition coefficient (Wildman–Crippen LogP) is 0.299. The van der Waals surface area contributed by atoms with Gasteiger partial charge in [-0.25, -0.2) is 0 Å². The molecule has 0 aliphatic carbocycles. The smallest absolute Gasteiger partial charge is 0.229 e. The fourth-order valence-corrected chi connectivity index (χ4v) is 1.66. The molecular weight excluding hydrogens is 142 g/mol. The third-order valence-electron chi connectivity index (χ3n) is 2.43. The molecule has 2 aliphatic heterocycles. The number of carbonyl (C=O) groups is 1. The lowest BCUT2D eigenvalue weighted by Gasteiger charge is -2.29. The molecule has 0 aromatic heterocycles. The van der Waals surface area contributed by atoms with Crippen LogP contribution in [0.15, 0.2) is 10.2 Å². The molecule has 11 heavy (non-hydrogen) atoms. The lowest BCUT2D eigenvalue weighted by atomic mass is 9.93. The predicted molar refractivity (Wildman–Crippen MR) is 39.3 cm³/mol. The summed E-state index contributed by atoms with van der Waals surface area (Å²) in [5.74, 6) is 0.278. The van der Waals surface area contributed by atoms with Gasteiger partial charge in [0.25, 0.3) is 0 Å². The first-order valence-corrected chi connectivity index (χ1v) is 3.90. The van der Waals surface area contributed by atoms with Gasteiger partial charge in [-0.1, -0.05) is 0 Å². The quantitative estimate of drug-likeness (QED) is 0.493. The van der Waals surface area contributed by atoms with E-state index in [4.69, 9.17) is 0 Å². The molecule has 0 bridgehead atoms. The highest BCUT2D eigenvalue weighted by Gasteiger charge is 2.37. The number of likely N-dealkylation sites (tertiary alicyclic amines) is 1. The molecule has 2 aliphatic rings. The highest BCUT2D eigenvalue weighted by atomic mass is 16.2. The molecule has 4 heteroatoms. The van der Waals surface area contributed by atoms with E-state index in [0.717, 1.165) is 13.0 Å². The summed E-state index contributed by atoms with van der Waals surface area (Å²) in [6, 6.07) is 0.193. The first-order valence-electron chi connectivity index (χ1n) is 3.90. The summed E-state index contributed by atoms with van der Waals surface area (Å²) >= 11 is 0. The van der Waals surface area contributed by atoms with Crippen molar-refractivity contribution < 1.29 is 4.79 Å². The van der Waals surface area contributed by atoms with E-state index in [1.807, 2.05) is 7.05 Å². The Balaban J connectivity index is 2.15. The Labute approximate surface area is 65.3 Å². The largest absolute Gasteiger partial charge is 0.345 e. The Morgan fingerprint density at radius 1 is 1.64 bits per heavy atom. The molecule has 0 saturated carbocycles. The minimum Gasteiger partial charge on any atom is -0.345 e. The summed E-state index contributed by atoms with van der Waals surface area (Å²) in [7, 11) is 1.84. The van der Waals surface area contributed by atoms with Crippen molar-refractivity contribution in [3.8, 4) is 0 Å². The van der Waals surface area contributed by atoms with Crippen molar-refractivity contribution in [2.45, 2.75) is 12.5 Å². The van der Waals surface area contributed by atoms with Crippen LogP contribution >= 0.6 is 0 Å². The zero-order valence-corrected chi connectivity index (χ0v) is 6.53. The second-order valence-electron chi connectivity index (χ2n) is 3.16. The van der Waals surface area contributed by atoms with Crippen LogP contribution in [0.4, 0.5) is 0 Å². The summed E-state index contributed by atoms with van der Waals surface area (Å²) in [5.41, 5.74) is 0. The van der Waals surface area contributed by atoms with Crippen LogP contribution in [0.2, 0.25) is 0 Å². The summed E-state index contributed by atoms with van der Waals surface area (Å²) in [4.78, 5) is 13.2. The van der Waals surface area contributed by atoms with Gasteiger partial charge in [0.1, 0.15) is 0 Å². The third-order valence-corrected chi connectivity index (χ3v) is 2.43. The van der Waals surface area contributed by atoms with Crippen LogP contribution in [0.1, 0.15) is 6.42 Å². The maximum absolute atomic E-state index is 11.4. The van der Waals surface area contributed by atoms with Gasteiger partial charge in [0.15, 0.2) is 0 Å². The zero-order chi connectivity index (χ0) is 7.84. The molecule has 2 rings (SSSR count). The standard InChI is InChI=1S/C7H11N3O/c1-10-3-2-6-5(7(10)11)4-8-9-6/h5-6H,2-4H2,1H3. The summed E-state index contributed by atoms with van der Waals surface area (Å²) < 4.78 is 0. The summed E-state index contributed by atoms with van der Waals surface area (Å²) in [5, 5.41) is 7.91. The molecule has 1 saturated heterocycles. The van der Waals surface area contributed by atoms with Gasteiger partial charge >= 0.3 is 0 Å². The fraction of sp³-hybridized carbons (Fsp3) is 0.857. The Kier molecular flexibility index (Phi) is 1.41. The number of nitrogens with zero attached hydrogens (tertiary/aromatic N) is 3. The van der Waals surface area contributed by atoms with Crippen molar-refractivity contribution >= 4 is 5.91 Å². The maximum atomic E-state index is 11.4. The molecule has 4 nitrogen and oxygen atoms in total. The number of azo groups is 1. The Bertz CT molecular complexity index is 214. The van der Waals surface area contributed by atoms with Crippen LogP contribution in [-0.4, -0.2) is 37.0 Å². The molecule has 0 N–H and O–H groups in total. The number of amides is 1. The molecule has 0 aromatic rings. The van der Waals surface area contributed by atoms with E-state index in [-0.39, 0.29) is 17.9 Å². The van der Waals surface area contributed by atoms with Crippen LogP contribution < -0.4 is 0 Å². The summed E-state index contributed by atoms with van der Waals surface area (Å²) in [6.07, 6.45) is 0.983. The van der Waals surface area contributed by atoms with Crippen LogP contribution in [0.5, 0.6) is 0 Å². The molecule has 60 valence electrons. The van der Waals surface area contributed by atoms with Crippen molar-refractivity contribution in [1.82, 2.24) is 4.90 Å². The third kappa shape index (κ3) is 0.931. The average molecular weight is 153 g/mol. The average Bonchev–Trinajstić information content (AvgIpc) is 2.45. The van der Waals surface area contributed by atoms with E-state index in [0.29, 0.717) is 6.54 Å². The molecule has 2 unspecified atom stereocenters. The minimum atomic E-state index is 0.0637. The number of piperidine rings is 1. The molecular formula is C7H11N3O. The van der Waals surface area contributed by atoms with Crippen LogP contribution in [0.25, 0.3) is 0 Å². The molecule has 1 fully saturated rings. The summed E-state index contributed by atoms with van der Waals surface area (Å²) in [6.45, 7) is 1.44. The maximum Gasteiger partial charge on any atom is 0.229 e. The Morgan fingerprint density at radius 2 is 2.45 bits per heavy atom. The molecule has 2 atom stereocenters. The number of rotatable bonds is 0. The number of fused-ring (bicyclic) bond motifs is 1. The van der Waals surface area contributed by atoms with E-state index in [9.17, 15) is 4.79 Å². The second kappa shape index (κ2) is 2.29. The number of carbonyl (C=O) groups excluding carboxylic acids is 1. The van der Waals surface area contributed by atoms with Crippen molar-refractivity contribution in [2.75, 3.05) is 20.1 Å². The van der Waals surface area contributed by atoms with Crippen LogP contribution in [0.3, 0.4) is 0 Å². The van der Waals surface area contributed by atoms with Gasteiger partial charge in [0.05, 0.1) is 18.5 Å². The van der Waals surface area contributed by atoms with Crippen LogP contribution in [0, 0.1) is 5.92 Å². The lowest BCUT2D eigenvalue weighted by Crippen LogP contribution is -2.44. The number of hydrogen-bond donors (Lipinski definition) is 0. The Hall–Kier alpha value is -0.930. The second-order valence-corrected chi connectivity index (χ2v) is 3.16. The minimum absolute atomic E-state index is 0.0637. The lowest BCUT2D eigenvalue weighted by molar-refractivity contribution is -0.136. The van der Waals surface area contributed by atoms with Gasteiger partial charge in [-0.05, 0) is 6.42 Å². The van der Waals surface area contributed by atoms with E-state index < -0.39 is 0 Å². The molecule has 0 radical (unpaired) electrons. The van der Waals surface area contributed by atoms with Crippen molar-refractivity contribution in [1.29, 1.82) is 0 Å². The van der Waals surface area contributed by atoms with Crippen molar-refractivity contribution in [2.24, 2.45) is 16.1 Å². The van der Waals surface area contributed by atoms with Gasteiger partial charge < -0.3 is 4.90 Å². The number of hydrogen-bond acceptors (Lipinski definition) is 3. The highest BCUT2D eigenvalue weighted by molar-refractivity contribution is 5.80. The van der Waals surface area contributed by atoms with Gasteiger partial charge in [0, 0.05) is 13.6 Å². The molecule has 0 spiro atoms. The zero-order valence-electron chi connectivity index (χ0n) is 6.53. The Morgan fingerprint density at radius 3 is 3.27 bits per heavy atom.